The zero-order chi connectivity index (χ0) is 21.4. The topological polar surface area (TPSA) is 94.2 Å². The van der Waals surface area contributed by atoms with Crippen molar-refractivity contribution in [3.05, 3.63) is 29.8 Å². The van der Waals surface area contributed by atoms with Crippen LogP contribution in [0.4, 0.5) is 0 Å². The molecule has 1 saturated heterocycles. The predicted molar refractivity (Wildman–Crippen MR) is 107 cm³/mol. The predicted octanol–water partition coefficient (Wildman–Crippen LogP) is 1.63. The molecule has 0 radical (unpaired) electrons. The van der Waals surface area contributed by atoms with Crippen molar-refractivity contribution < 1.29 is 28.6 Å². The lowest BCUT2D eigenvalue weighted by Gasteiger charge is -2.30. The molecule has 2 rings (SSSR count). The number of morpholine rings is 1. The quantitative estimate of drug-likeness (QED) is 0.660. The van der Waals surface area contributed by atoms with Gasteiger partial charge >= 0.3 is 5.97 Å². The summed E-state index contributed by atoms with van der Waals surface area (Å²) < 4.78 is 16.0. The first-order chi connectivity index (χ1) is 13.8. The Hall–Kier alpha value is -2.61. The highest BCUT2D eigenvalue weighted by molar-refractivity contribution is 5.97. The molecule has 0 spiro atoms. The van der Waals surface area contributed by atoms with Crippen LogP contribution in [-0.4, -0.2) is 67.7 Å². The van der Waals surface area contributed by atoms with Crippen LogP contribution in [0.2, 0.25) is 0 Å². The molecule has 1 aliphatic heterocycles. The number of rotatable bonds is 8. The Morgan fingerprint density at radius 3 is 2.28 bits per heavy atom. The molecule has 1 aromatic rings. The molecule has 1 fully saturated rings. The van der Waals surface area contributed by atoms with Crippen molar-refractivity contribution >= 4 is 17.8 Å². The lowest BCUT2D eigenvalue weighted by Crippen LogP contribution is -2.49. The van der Waals surface area contributed by atoms with E-state index >= 15 is 0 Å². The summed E-state index contributed by atoms with van der Waals surface area (Å²) in [4.78, 5) is 39.3. The molecule has 2 amide bonds. The summed E-state index contributed by atoms with van der Waals surface area (Å²) in [5.41, 5.74) is 0.407. The smallest absolute Gasteiger partial charge is 0.329 e. The minimum Gasteiger partial charge on any atom is -0.494 e. The average Bonchev–Trinajstić information content (AvgIpc) is 2.72. The fourth-order valence-electron chi connectivity index (χ4n) is 2.93. The molecule has 1 N–H and O–H groups in total. The molecule has 1 aliphatic rings. The number of esters is 1. The van der Waals surface area contributed by atoms with E-state index in [1.165, 1.54) is 0 Å². The van der Waals surface area contributed by atoms with Crippen molar-refractivity contribution in [2.75, 3.05) is 32.9 Å². The fraction of sp³-hybridized carbons (Fsp3) is 0.571. The Labute approximate surface area is 171 Å². The van der Waals surface area contributed by atoms with Gasteiger partial charge in [0.05, 0.1) is 19.8 Å². The van der Waals surface area contributed by atoms with Crippen LogP contribution >= 0.6 is 0 Å². The number of benzene rings is 1. The summed E-state index contributed by atoms with van der Waals surface area (Å²) in [5, 5.41) is 2.71. The second kappa shape index (κ2) is 10.8. The molecular weight excluding hydrogens is 376 g/mol. The molecule has 160 valence electrons. The van der Waals surface area contributed by atoms with Gasteiger partial charge in [0.25, 0.3) is 11.8 Å². The minimum absolute atomic E-state index is 0.208. The van der Waals surface area contributed by atoms with Gasteiger partial charge in [-0.25, -0.2) is 4.79 Å². The van der Waals surface area contributed by atoms with Gasteiger partial charge in [-0.3, -0.25) is 9.59 Å². The summed E-state index contributed by atoms with van der Waals surface area (Å²) in [6.45, 7) is 9.46. The second-order valence-corrected chi connectivity index (χ2v) is 7.17. The van der Waals surface area contributed by atoms with Crippen LogP contribution in [0.25, 0.3) is 0 Å². The molecule has 0 aliphatic carbocycles. The SMILES string of the molecule is CCOc1ccc(C(=O)NC(C(=O)OC(C)C(=O)N2CCOCC2)C(C)C)cc1. The number of hydrogen-bond donors (Lipinski definition) is 1. The van der Waals surface area contributed by atoms with Gasteiger partial charge in [-0.2, -0.15) is 0 Å². The van der Waals surface area contributed by atoms with Gasteiger partial charge in [0.1, 0.15) is 11.8 Å². The number of carbonyl (C=O) groups is 3. The third-order valence-electron chi connectivity index (χ3n) is 4.60. The van der Waals surface area contributed by atoms with Crippen LogP contribution in [0, 0.1) is 5.92 Å². The fourth-order valence-corrected chi connectivity index (χ4v) is 2.93. The Bertz CT molecular complexity index is 698. The van der Waals surface area contributed by atoms with Crippen LogP contribution in [0.1, 0.15) is 38.1 Å². The highest BCUT2D eigenvalue weighted by Gasteiger charge is 2.31. The molecular formula is C21H30N2O6. The molecule has 29 heavy (non-hydrogen) atoms. The van der Waals surface area contributed by atoms with Gasteiger partial charge in [0.15, 0.2) is 6.10 Å². The van der Waals surface area contributed by atoms with Crippen LogP contribution in [0.15, 0.2) is 24.3 Å². The van der Waals surface area contributed by atoms with Gasteiger partial charge in [-0.05, 0) is 44.0 Å². The molecule has 1 aromatic carbocycles. The maximum absolute atomic E-state index is 12.6. The third kappa shape index (κ3) is 6.45. The Balaban J connectivity index is 1.97. The van der Waals surface area contributed by atoms with E-state index in [1.54, 1.807) is 49.9 Å². The molecule has 0 aromatic heterocycles. The number of nitrogens with one attached hydrogen (secondary N) is 1. The van der Waals surface area contributed by atoms with Crippen molar-refractivity contribution in [2.45, 2.75) is 39.8 Å². The first-order valence-corrected chi connectivity index (χ1v) is 9.94. The molecule has 2 atom stereocenters. The van der Waals surface area contributed by atoms with Gasteiger partial charge in [0, 0.05) is 18.7 Å². The second-order valence-electron chi connectivity index (χ2n) is 7.17. The Kier molecular flexibility index (Phi) is 8.45. The van der Waals surface area contributed by atoms with E-state index in [0.29, 0.717) is 44.2 Å². The molecule has 0 bridgehead atoms. The van der Waals surface area contributed by atoms with Crippen molar-refractivity contribution in [1.82, 2.24) is 10.2 Å². The Morgan fingerprint density at radius 1 is 1.10 bits per heavy atom. The molecule has 1 heterocycles. The summed E-state index contributed by atoms with van der Waals surface area (Å²) >= 11 is 0. The molecule has 8 nitrogen and oxygen atoms in total. The van der Waals surface area contributed by atoms with Gasteiger partial charge in [0.2, 0.25) is 0 Å². The Morgan fingerprint density at radius 2 is 1.72 bits per heavy atom. The van der Waals surface area contributed by atoms with Crippen LogP contribution in [-0.2, 0) is 19.1 Å². The first-order valence-electron chi connectivity index (χ1n) is 9.94. The standard InChI is InChI=1S/C21H30N2O6/c1-5-28-17-8-6-16(7-9-17)19(24)22-18(14(2)3)21(26)29-15(4)20(25)23-10-12-27-13-11-23/h6-9,14-15,18H,5,10-13H2,1-4H3,(H,22,24). The van der Waals surface area contributed by atoms with Gasteiger partial charge in [-0.1, -0.05) is 13.8 Å². The van der Waals surface area contributed by atoms with E-state index in [-0.39, 0.29) is 11.8 Å². The highest BCUT2D eigenvalue weighted by Crippen LogP contribution is 2.14. The summed E-state index contributed by atoms with van der Waals surface area (Å²) in [6.07, 6.45) is -0.927. The molecule has 0 saturated carbocycles. The normalized spacial score (nSPS) is 16.1. The maximum atomic E-state index is 12.6. The lowest BCUT2D eigenvalue weighted by molar-refractivity contribution is -0.163. The van der Waals surface area contributed by atoms with Crippen LogP contribution in [0.3, 0.4) is 0 Å². The average molecular weight is 406 g/mol. The monoisotopic (exact) mass is 406 g/mol. The summed E-state index contributed by atoms with van der Waals surface area (Å²) in [7, 11) is 0. The van der Waals surface area contributed by atoms with E-state index in [0.717, 1.165) is 0 Å². The van der Waals surface area contributed by atoms with Crippen LogP contribution in [0.5, 0.6) is 5.75 Å². The summed E-state index contributed by atoms with van der Waals surface area (Å²) in [6, 6.07) is 5.80. The van der Waals surface area contributed by atoms with Crippen molar-refractivity contribution in [3.8, 4) is 5.75 Å². The van der Waals surface area contributed by atoms with E-state index in [1.807, 2.05) is 6.92 Å². The van der Waals surface area contributed by atoms with E-state index in [9.17, 15) is 14.4 Å². The number of nitrogens with zero attached hydrogens (tertiary/aromatic N) is 1. The van der Waals surface area contributed by atoms with Gasteiger partial charge in [-0.15, -0.1) is 0 Å². The number of amides is 2. The molecule has 8 heteroatoms. The van der Waals surface area contributed by atoms with Crippen molar-refractivity contribution in [2.24, 2.45) is 5.92 Å². The molecule has 2 unspecified atom stereocenters. The number of carbonyl (C=O) groups excluding carboxylic acids is 3. The van der Waals surface area contributed by atoms with Crippen molar-refractivity contribution in [3.63, 3.8) is 0 Å². The third-order valence-corrected chi connectivity index (χ3v) is 4.60. The van der Waals surface area contributed by atoms with E-state index in [2.05, 4.69) is 5.32 Å². The van der Waals surface area contributed by atoms with E-state index < -0.39 is 24.0 Å². The van der Waals surface area contributed by atoms with Crippen molar-refractivity contribution in [1.29, 1.82) is 0 Å². The number of hydrogen-bond acceptors (Lipinski definition) is 6. The first kappa shape index (κ1) is 22.7. The zero-order valence-corrected chi connectivity index (χ0v) is 17.5. The minimum atomic E-state index is -0.927. The summed E-state index contributed by atoms with van der Waals surface area (Å²) in [5.74, 6) is -0.828. The highest BCUT2D eigenvalue weighted by atomic mass is 16.5. The number of ether oxygens (including phenoxy) is 3. The zero-order valence-electron chi connectivity index (χ0n) is 17.5. The van der Waals surface area contributed by atoms with E-state index in [4.69, 9.17) is 14.2 Å². The lowest BCUT2D eigenvalue weighted by atomic mass is 10.0. The van der Waals surface area contributed by atoms with Crippen LogP contribution < -0.4 is 10.1 Å². The van der Waals surface area contributed by atoms with Gasteiger partial charge < -0.3 is 24.4 Å². The maximum Gasteiger partial charge on any atom is 0.329 e. The largest absolute Gasteiger partial charge is 0.494 e.